The molecule has 1 heterocycles. The molecule has 1 saturated heterocycles. The number of ether oxygens (including phenoxy) is 2. The van der Waals surface area contributed by atoms with E-state index in [2.05, 4.69) is 28.2 Å². The summed E-state index contributed by atoms with van der Waals surface area (Å²) in [4.78, 5) is 13.4. The lowest BCUT2D eigenvalue weighted by molar-refractivity contribution is -0.118. The number of methoxy groups -OCH3 is 1. The summed E-state index contributed by atoms with van der Waals surface area (Å²) in [6.45, 7) is 3.09. The van der Waals surface area contributed by atoms with Crippen molar-refractivity contribution in [2.45, 2.75) is 19.5 Å². The van der Waals surface area contributed by atoms with Crippen molar-refractivity contribution >= 4 is 21.8 Å². The van der Waals surface area contributed by atoms with Gasteiger partial charge in [0.05, 0.1) is 24.7 Å². The molecule has 2 rings (SSSR count). The molecule has 1 aliphatic rings. The zero-order valence-corrected chi connectivity index (χ0v) is 13.5. The van der Waals surface area contributed by atoms with Crippen LogP contribution in [0.25, 0.3) is 0 Å². The number of nitrogens with one attached hydrogen (secondary N) is 1. The van der Waals surface area contributed by atoms with E-state index in [4.69, 9.17) is 9.47 Å². The zero-order valence-electron chi connectivity index (χ0n) is 11.9. The van der Waals surface area contributed by atoms with Crippen LogP contribution in [-0.4, -0.2) is 38.1 Å². The van der Waals surface area contributed by atoms with E-state index in [1.807, 2.05) is 24.1 Å². The summed E-state index contributed by atoms with van der Waals surface area (Å²) in [7, 11) is 3.52. The SMILES string of the molecule is CCCOc1c(Br)cc([C@H]2NC(=O)CN2C)cc1OC. The Morgan fingerprint density at radius 1 is 1.50 bits per heavy atom. The summed E-state index contributed by atoms with van der Waals surface area (Å²) < 4.78 is 11.9. The van der Waals surface area contributed by atoms with Gasteiger partial charge in [-0.05, 0) is 47.1 Å². The fourth-order valence-corrected chi connectivity index (χ4v) is 2.78. The molecule has 1 N–H and O–H groups in total. The second-order valence-corrected chi connectivity index (χ2v) is 5.62. The van der Waals surface area contributed by atoms with Crippen molar-refractivity contribution in [3.63, 3.8) is 0 Å². The Kier molecular flexibility index (Phi) is 4.88. The van der Waals surface area contributed by atoms with Gasteiger partial charge in [-0.25, -0.2) is 0 Å². The third kappa shape index (κ3) is 3.07. The van der Waals surface area contributed by atoms with Gasteiger partial charge >= 0.3 is 0 Å². The lowest BCUT2D eigenvalue weighted by atomic mass is 10.1. The van der Waals surface area contributed by atoms with Gasteiger partial charge in [0.25, 0.3) is 0 Å². The maximum Gasteiger partial charge on any atom is 0.235 e. The molecule has 1 amide bonds. The number of amides is 1. The van der Waals surface area contributed by atoms with Crippen molar-refractivity contribution in [2.24, 2.45) is 0 Å². The number of nitrogens with zero attached hydrogens (tertiary/aromatic N) is 1. The molecule has 0 spiro atoms. The Morgan fingerprint density at radius 3 is 2.80 bits per heavy atom. The molecule has 110 valence electrons. The number of hydrogen-bond acceptors (Lipinski definition) is 4. The second-order valence-electron chi connectivity index (χ2n) is 4.77. The number of carbonyl (C=O) groups is 1. The van der Waals surface area contributed by atoms with Crippen LogP contribution in [-0.2, 0) is 4.79 Å². The Morgan fingerprint density at radius 2 is 2.25 bits per heavy atom. The minimum absolute atomic E-state index is 0.0268. The predicted molar refractivity (Wildman–Crippen MR) is 80.0 cm³/mol. The molecule has 1 aromatic rings. The van der Waals surface area contributed by atoms with E-state index < -0.39 is 0 Å². The largest absolute Gasteiger partial charge is 0.493 e. The highest BCUT2D eigenvalue weighted by Gasteiger charge is 2.29. The standard InChI is InChI=1S/C14H19BrN2O3/c1-4-5-20-13-10(15)6-9(7-11(13)19-3)14-16-12(18)8-17(14)2/h6-7,14H,4-5,8H2,1-3H3,(H,16,18)/t14-/m0/s1. The zero-order chi connectivity index (χ0) is 14.7. The third-order valence-corrected chi connectivity index (χ3v) is 3.74. The quantitative estimate of drug-likeness (QED) is 0.892. The summed E-state index contributed by atoms with van der Waals surface area (Å²) >= 11 is 3.51. The minimum Gasteiger partial charge on any atom is -0.493 e. The van der Waals surface area contributed by atoms with Crippen molar-refractivity contribution in [3.8, 4) is 11.5 Å². The third-order valence-electron chi connectivity index (χ3n) is 3.15. The molecule has 0 aliphatic carbocycles. The molecular weight excluding hydrogens is 324 g/mol. The topological polar surface area (TPSA) is 50.8 Å². The van der Waals surface area contributed by atoms with Gasteiger partial charge in [-0.1, -0.05) is 6.92 Å². The van der Waals surface area contributed by atoms with Gasteiger partial charge < -0.3 is 14.8 Å². The summed E-state index contributed by atoms with van der Waals surface area (Å²) in [5, 5.41) is 2.93. The fraction of sp³-hybridized carbons (Fsp3) is 0.500. The predicted octanol–water partition coefficient (Wildman–Crippen LogP) is 2.31. The van der Waals surface area contributed by atoms with E-state index in [1.54, 1.807) is 7.11 Å². The highest BCUT2D eigenvalue weighted by atomic mass is 79.9. The van der Waals surface area contributed by atoms with Gasteiger partial charge in [-0.15, -0.1) is 0 Å². The average Bonchev–Trinajstić information content (AvgIpc) is 2.75. The molecule has 1 aliphatic heterocycles. The first-order valence-corrected chi connectivity index (χ1v) is 7.36. The minimum atomic E-state index is -0.132. The molecular formula is C14H19BrN2O3. The normalized spacial score (nSPS) is 19.0. The number of rotatable bonds is 5. The molecule has 20 heavy (non-hydrogen) atoms. The van der Waals surface area contributed by atoms with Crippen LogP contribution in [0.15, 0.2) is 16.6 Å². The molecule has 1 atom stereocenters. The first kappa shape index (κ1) is 15.1. The molecule has 6 heteroatoms. The van der Waals surface area contributed by atoms with Crippen LogP contribution in [0.3, 0.4) is 0 Å². The lowest BCUT2D eigenvalue weighted by Gasteiger charge is -2.21. The highest BCUT2D eigenvalue weighted by Crippen LogP contribution is 2.39. The molecule has 5 nitrogen and oxygen atoms in total. The maximum absolute atomic E-state index is 11.5. The Labute approximate surface area is 127 Å². The van der Waals surface area contributed by atoms with E-state index >= 15 is 0 Å². The first-order valence-electron chi connectivity index (χ1n) is 6.56. The molecule has 1 aromatic carbocycles. The van der Waals surface area contributed by atoms with E-state index in [9.17, 15) is 4.79 Å². The fourth-order valence-electron chi connectivity index (χ4n) is 2.21. The second kappa shape index (κ2) is 6.45. The van der Waals surface area contributed by atoms with E-state index in [-0.39, 0.29) is 12.1 Å². The van der Waals surface area contributed by atoms with Gasteiger partial charge in [0.1, 0.15) is 6.17 Å². The molecule has 1 fully saturated rings. The summed E-state index contributed by atoms with van der Waals surface area (Å²) in [6, 6.07) is 3.86. The summed E-state index contributed by atoms with van der Waals surface area (Å²) in [6.07, 6.45) is 0.798. The van der Waals surface area contributed by atoms with Crippen molar-refractivity contribution in [2.75, 3.05) is 27.3 Å². The van der Waals surface area contributed by atoms with Gasteiger partial charge in [-0.3, -0.25) is 9.69 Å². The van der Waals surface area contributed by atoms with E-state index in [0.717, 1.165) is 16.5 Å². The average molecular weight is 343 g/mol. The lowest BCUT2D eigenvalue weighted by Crippen LogP contribution is -2.24. The van der Waals surface area contributed by atoms with E-state index in [0.29, 0.717) is 24.7 Å². The van der Waals surface area contributed by atoms with Crippen LogP contribution in [0.5, 0.6) is 11.5 Å². The highest BCUT2D eigenvalue weighted by molar-refractivity contribution is 9.10. The number of carbonyl (C=O) groups excluding carboxylic acids is 1. The van der Waals surface area contributed by atoms with Crippen molar-refractivity contribution in [1.82, 2.24) is 10.2 Å². The van der Waals surface area contributed by atoms with Crippen LogP contribution in [0.2, 0.25) is 0 Å². The van der Waals surface area contributed by atoms with Gasteiger partial charge in [-0.2, -0.15) is 0 Å². The molecule has 0 aromatic heterocycles. The van der Waals surface area contributed by atoms with Gasteiger partial charge in [0.2, 0.25) is 5.91 Å². The monoisotopic (exact) mass is 342 g/mol. The maximum atomic E-state index is 11.5. The molecule has 0 saturated carbocycles. The van der Waals surface area contributed by atoms with Crippen LogP contribution in [0, 0.1) is 0 Å². The molecule has 0 radical (unpaired) electrons. The number of hydrogen-bond donors (Lipinski definition) is 1. The van der Waals surface area contributed by atoms with Gasteiger partial charge in [0.15, 0.2) is 11.5 Å². The Bertz CT molecular complexity index is 507. The van der Waals surface area contributed by atoms with E-state index in [1.165, 1.54) is 0 Å². The van der Waals surface area contributed by atoms with Gasteiger partial charge in [0, 0.05) is 0 Å². The van der Waals surface area contributed by atoms with Crippen LogP contribution in [0.1, 0.15) is 25.1 Å². The summed E-state index contributed by atoms with van der Waals surface area (Å²) in [5.74, 6) is 1.39. The van der Waals surface area contributed by atoms with Crippen molar-refractivity contribution in [1.29, 1.82) is 0 Å². The van der Waals surface area contributed by atoms with Crippen molar-refractivity contribution in [3.05, 3.63) is 22.2 Å². The van der Waals surface area contributed by atoms with Crippen molar-refractivity contribution < 1.29 is 14.3 Å². The Hall–Kier alpha value is -1.27. The van der Waals surface area contributed by atoms with Crippen LogP contribution < -0.4 is 14.8 Å². The van der Waals surface area contributed by atoms with Crippen LogP contribution >= 0.6 is 15.9 Å². The van der Waals surface area contributed by atoms with Crippen LogP contribution in [0.4, 0.5) is 0 Å². The molecule has 0 bridgehead atoms. The molecule has 0 unspecified atom stereocenters. The summed E-state index contributed by atoms with van der Waals surface area (Å²) in [5.41, 5.74) is 0.964. The number of halogens is 1. The Balaban J connectivity index is 2.32. The smallest absolute Gasteiger partial charge is 0.235 e. The first-order chi connectivity index (χ1) is 9.56. The number of likely N-dealkylation sites (N-methyl/N-ethyl adjacent to an activating group) is 1. The number of benzene rings is 1.